The van der Waals surface area contributed by atoms with E-state index in [0.717, 1.165) is 5.69 Å². The maximum Gasteiger partial charge on any atom is 0.342 e. The highest BCUT2D eigenvalue weighted by atomic mass is 35.5. The third-order valence-corrected chi connectivity index (χ3v) is 2.80. The number of hydrogen-bond acceptors (Lipinski definition) is 5. The van der Waals surface area contributed by atoms with E-state index in [1.165, 1.54) is 0 Å². The van der Waals surface area contributed by atoms with Crippen molar-refractivity contribution < 1.29 is 4.74 Å². The van der Waals surface area contributed by atoms with Crippen molar-refractivity contribution in [3.63, 3.8) is 0 Å². The number of nitrogens with one attached hydrogen (secondary N) is 1. The zero-order valence-electron chi connectivity index (χ0n) is 12.0. The van der Waals surface area contributed by atoms with Gasteiger partial charge in [0, 0.05) is 25.2 Å². The van der Waals surface area contributed by atoms with Gasteiger partial charge in [-0.05, 0) is 26.8 Å². The molecular weight excluding hydrogens is 278 g/mol. The van der Waals surface area contributed by atoms with Crippen molar-refractivity contribution >= 4 is 11.6 Å². The number of hydrogen-bond donors (Lipinski definition) is 1. The van der Waals surface area contributed by atoms with Crippen molar-refractivity contribution in [2.24, 2.45) is 7.05 Å². The predicted molar refractivity (Wildman–Crippen MR) is 76.9 cm³/mol. The minimum Gasteiger partial charge on any atom is -0.404 e. The number of aryl methyl sites for hydroxylation is 1. The van der Waals surface area contributed by atoms with E-state index in [1.54, 1.807) is 30.2 Å². The highest BCUT2D eigenvalue weighted by Gasteiger charge is 2.12. The molecule has 0 unspecified atom stereocenters. The van der Waals surface area contributed by atoms with Crippen LogP contribution < -0.4 is 10.1 Å². The van der Waals surface area contributed by atoms with Crippen LogP contribution in [0.2, 0.25) is 5.02 Å². The van der Waals surface area contributed by atoms with Gasteiger partial charge in [-0.15, -0.1) is 5.10 Å². The zero-order valence-corrected chi connectivity index (χ0v) is 12.8. The Bertz CT molecular complexity index is 591. The van der Waals surface area contributed by atoms with Gasteiger partial charge in [0.05, 0.1) is 10.7 Å². The smallest absolute Gasteiger partial charge is 0.342 e. The van der Waals surface area contributed by atoms with Gasteiger partial charge in [0.2, 0.25) is 5.88 Å². The van der Waals surface area contributed by atoms with Gasteiger partial charge in [-0.2, -0.15) is 4.98 Å². The first-order valence-corrected chi connectivity index (χ1v) is 6.65. The van der Waals surface area contributed by atoms with Crippen molar-refractivity contribution in [1.82, 2.24) is 25.1 Å². The van der Waals surface area contributed by atoms with Gasteiger partial charge >= 0.3 is 6.01 Å². The molecule has 108 valence electrons. The molecule has 0 aliphatic heterocycles. The molecule has 6 nitrogen and oxygen atoms in total. The summed E-state index contributed by atoms with van der Waals surface area (Å²) in [6.45, 7) is 6.81. The maximum atomic E-state index is 6.14. The van der Waals surface area contributed by atoms with Crippen LogP contribution in [0.1, 0.15) is 26.5 Å². The molecule has 0 saturated heterocycles. The average Bonchev–Trinajstić information content (AvgIpc) is 2.74. The van der Waals surface area contributed by atoms with E-state index in [-0.39, 0.29) is 11.5 Å². The summed E-state index contributed by atoms with van der Waals surface area (Å²) in [5.41, 5.74) is 0.722. The minimum atomic E-state index is -0.00951. The standard InChI is InChI=1S/C13H18ClN5O/c1-13(2,3)16-7-10-9(14)5-6-11(17-10)20-12-15-8-19(4)18-12/h5-6,8,16H,7H2,1-4H3. The molecular formula is C13H18ClN5O. The summed E-state index contributed by atoms with van der Waals surface area (Å²) in [6.07, 6.45) is 1.56. The van der Waals surface area contributed by atoms with E-state index in [1.807, 2.05) is 0 Å². The molecule has 2 rings (SSSR count). The summed E-state index contributed by atoms with van der Waals surface area (Å²) in [4.78, 5) is 8.36. The van der Waals surface area contributed by atoms with Crippen LogP contribution in [0, 0.1) is 0 Å². The minimum absolute atomic E-state index is 0.00951. The molecule has 1 N–H and O–H groups in total. The van der Waals surface area contributed by atoms with Crippen molar-refractivity contribution in [2.75, 3.05) is 0 Å². The second-order valence-electron chi connectivity index (χ2n) is 5.48. The van der Waals surface area contributed by atoms with Gasteiger partial charge < -0.3 is 10.1 Å². The van der Waals surface area contributed by atoms with E-state index in [0.29, 0.717) is 17.4 Å². The number of ether oxygens (including phenoxy) is 1. The molecule has 0 radical (unpaired) electrons. The Morgan fingerprint density at radius 3 is 2.70 bits per heavy atom. The van der Waals surface area contributed by atoms with Crippen LogP contribution in [0.25, 0.3) is 0 Å². The van der Waals surface area contributed by atoms with Crippen molar-refractivity contribution in [1.29, 1.82) is 0 Å². The highest BCUT2D eigenvalue weighted by molar-refractivity contribution is 6.31. The molecule has 0 aliphatic rings. The van der Waals surface area contributed by atoms with Gasteiger partial charge in [-0.1, -0.05) is 11.6 Å². The molecule has 2 aromatic heterocycles. The number of aromatic nitrogens is 4. The van der Waals surface area contributed by atoms with Crippen LogP contribution in [0.3, 0.4) is 0 Å². The van der Waals surface area contributed by atoms with Crippen LogP contribution in [0.4, 0.5) is 0 Å². The van der Waals surface area contributed by atoms with Crippen LogP contribution in [0.15, 0.2) is 18.5 Å². The Kier molecular flexibility index (Phi) is 4.25. The molecule has 0 fully saturated rings. The molecule has 0 amide bonds. The van der Waals surface area contributed by atoms with Crippen LogP contribution >= 0.6 is 11.6 Å². The Morgan fingerprint density at radius 1 is 1.35 bits per heavy atom. The quantitative estimate of drug-likeness (QED) is 0.939. The molecule has 7 heteroatoms. The lowest BCUT2D eigenvalue weighted by atomic mass is 10.1. The topological polar surface area (TPSA) is 64.9 Å². The third-order valence-electron chi connectivity index (χ3n) is 2.45. The molecule has 0 atom stereocenters. The van der Waals surface area contributed by atoms with Gasteiger partial charge in [-0.25, -0.2) is 4.98 Å². The first kappa shape index (κ1) is 14.7. The predicted octanol–water partition coefficient (Wildman–Crippen LogP) is 2.54. The molecule has 0 saturated carbocycles. The van der Waals surface area contributed by atoms with Crippen molar-refractivity contribution in [3.05, 3.63) is 29.2 Å². The molecule has 0 bridgehead atoms. The Hall–Kier alpha value is -1.66. The lowest BCUT2D eigenvalue weighted by molar-refractivity contribution is 0.406. The summed E-state index contributed by atoms with van der Waals surface area (Å²) in [7, 11) is 1.77. The molecule has 20 heavy (non-hydrogen) atoms. The number of pyridine rings is 1. The highest BCUT2D eigenvalue weighted by Crippen LogP contribution is 2.21. The second-order valence-corrected chi connectivity index (χ2v) is 5.89. The fourth-order valence-corrected chi connectivity index (χ4v) is 1.63. The fourth-order valence-electron chi connectivity index (χ4n) is 1.45. The second kappa shape index (κ2) is 5.76. The largest absolute Gasteiger partial charge is 0.404 e. The number of nitrogens with zero attached hydrogens (tertiary/aromatic N) is 4. The molecule has 2 aromatic rings. The van der Waals surface area contributed by atoms with Crippen molar-refractivity contribution in [3.8, 4) is 11.9 Å². The summed E-state index contributed by atoms with van der Waals surface area (Å²) in [5.74, 6) is 0.423. The van der Waals surface area contributed by atoms with Gasteiger partial charge in [-0.3, -0.25) is 4.68 Å². The van der Waals surface area contributed by atoms with Crippen LogP contribution in [-0.4, -0.2) is 25.3 Å². The van der Waals surface area contributed by atoms with E-state index in [4.69, 9.17) is 16.3 Å². The van der Waals surface area contributed by atoms with Crippen LogP contribution in [-0.2, 0) is 13.6 Å². The van der Waals surface area contributed by atoms with Crippen LogP contribution in [0.5, 0.6) is 11.9 Å². The normalized spacial score (nSPS) is 11.7. The Labute approximate surface area is 123 Å². The zero-order chi connectivity index (χ0) is 14.8. The molecule has 0 aromatic carbocycles. The summed E-state index contributed by atoms with van der Waals surface area (Å²) >= 11 is 6.14. The van der Waals surface area contributed by atoms with E-state index >= 15 is 0 Å². The first-order chi connectivity index (χ1) is 9.33. The molecule has 2 heterocycles. The van der Waals surface area contributed by atoms with Gasteiger partial charge in [0.1, 0.15) is 6.33 Å². The maximum absolute atomic E-state index is 6.14. The van der Waals surface area contributed by atoms with E-state index in [2.05, 4.69) is 41.2 Å². The Balaban J connectivity index is 2.11. The molecule has 0 aliphatic carbocycles. The molecule has 0 spiro atoms. The lowest BCUT2D eigenvalue weighted by Crippen LogP contribution is -2.35. The summed E-state index contributed by atoms with van der Waals surface area (Å²) in [6, 6.07) is 3.71. The number of halogens is 1. The third kappa shape index (κ3) is 4.18. The SMILES string of the molecule is Cn1cnc(Oc2ccc(Cl)c(CNC(C)(C)C)n2)n1. The van der Waals surface area contributed by atoms with Gasteiger partial charge in [0.25, 0.3) is 0 Å². The van der Waals surface area contributed by atoms with E-state index < -0.39 is 0 Å². The monoisotopic (exact) mass is 295 g/mol. The fraction of sp³-hybridized carbons (Fsp3) is 0.462. The number of rotatable bonds is 4. The summed E-state index contributed by atoms with van der Waals surface area (Å²) < 4.78 is 7.05. The summed E-state index contributed by atoms with van der Waals surface area (Å²) in [5, 5.41) is 7.97. The van der Waals surface area contributed by atoms with Crippen molar-refractivity contribution in [2.45, 2.75) is 32.9 Å². The Morgan fingerprint density at radius 2 is 2.10 bits per heavy atom. The lowest BCUT2D eigenvalue weighted by Gasteiger charge is -2.20. The first-order valence-electron chi connectivity index (χ1n) is 6.27. The van der Waals surface area contributed by atoms with E-state index in [9.17, 15) is 0 Å². The average molecular weight is 296 g/mol. The van der Waals surface area contributed by atoms with Gasteiger partial charge in [0.15, 0.2) is 0 Å².